The Morgan fingerprint density at radius 1 is 1.47 bits per heavy atom. The van der Waals surface area contributed by atoms with Crippen LogP contribution in [-0.2, 0) is 0 Å². The van der Waals surface area contributed by atoms with Crippen LogP contribution in [-0.4, -0.2) is 6.54 Å². The van der Waals surface area contributed by atoms with Gasteiger partial charge < -0.3 is 5.32 Å². The third-order valence-electron chi connectivity index (χ3n) is 3.35. The maximum absolute atomic E-state index is 6.32. The van der Waals surface area contributed by atoms with Gasteiger partial charge in [0.05, 0.1) is 0 Å². The normalized spacial score (nSPS) is 17.1. The summed E-state index contributed by atoms with van der Waals surface area (Å²) in [7, 11) is 0. The summed E-state index contributed by atoms with van der Waals surface area (Å²) in [5, 5.41) is 4.40. The molecule has 1 aliphatic carbocycles. The van der Waals surface area contributed by atoms with Crippen molar-refractivity contribution >= 4 is 27.5 Å². The van der Waals surface area contributed by atoms with E-state index < -0.39 is 0 Å². The molecule has 1 nitrogen and oxygen atoms in total. The van der Waals surface area contributed by atoms with Gasteiger partial charge in [0.15, 0.2) is 0 Å². The van der Waals surface area contributed by atoms with Crippen LogP contribution in [0.3, 0.4) is 0 Å². The van der Waals surface area contributed by atoms with Crippen LogP contribution >= 0.6 is 27.5 Å². The molecule has 1 aromatic rings. The van der Waals surface area contributed by atoms with Crippen molar-refractivity contribution in [3.63, 3.8) is 0 Å². The van der Waals surface area contributed by atoms with E-state index in [4.69, 9.17) is 11.6 Å². The van der Waals surface area contributed by atoms with E-state index in [9.17, 15) is 0 Å². The van der Waals surface area contributed by atoms with Crippen LogP contribution in [0.15, 0.2) is 22.7 Å². The summed E-state index contributed by atoms with van der Waals surface area (Å²) in [6, 6.07) is 6.59. The summed E-state index contributed by atoms with van der Waals surface area (Å²) < 4.78 is 1.05. The fraction of sp³-hybridized carbons (Fsp3) is 0.571. The quantitative estimate of drug-likeness (QED) is 0.783. The van der Waals surface area contributed by atoms with Crippen molar-refractivity contribution in [2.75, 3.05) is 6.54 Å². The van der Waals surface area contributed by atoms with E-state index in [2.05, 4.69) is 40.3 Å². The molecule has 3 heteroatoms. The molecule has 1 aliphatic rings. The van der Waals surface area contributed by atoms with Gasteiger partial charge in [-0.3, -0.25) is 0 Å². The van der Waals surface area contributed by atoms with Crippen LogP contribution in [0, 0.1) is 5.92 Å². The Morgan fingerprint density at radius 3 is 2.82 bits per heavy atom. The Kier molecular flexibility index (Phi) is 4.89. The predicted molar refractivity (Wildman–Crippen MR) is 77.5 cm³/mol. The zero-order chi connectivity index (χ0) is 12.3. The van der Waals surface area contributed by atoms with Crippen molar-refractivity contribution in [3.8, 4) is 0 Å². The van der Waals surface area contributed by atoms with Crippen LogP contribution in [0.2, 0.25) is 5.02 Å². The smallest absolute Gasteiger partial charge is 0.0465 e. The molecule has 1 atom stereocenters. The first-order valence-corrected chi connectivity index (χ1v) is 7.56. The summed E-state index contributed by atoms with van der Waals surface area (Å²) in [6.07, 6.45) is 5.36. The minimum absolute atomic E-state index is 0.404. The lowest BCUT2D eigenvalue weighted by molar-refractivity contribution is 0.482. The fourth-order valence-corrected chi connectivity index (χ4v) is 3.01. The molecule has 0 saturated heterocycles. The average Bonchev–Trinajstić information content (AvgIpc) is 3.09. The highest BCUT2D eigenvalue weighted by atomic mass is 79.9. The van der Waals surface area contributed by atoms with Gasteiger partial charge in [-0.05, 0) is 43.0 Å². The lowest BCUT2D eigenvalue weighted by atomic mass is 10.0. The highest BCUT2D eigenvalue weighted by Gasteiger charge is 2.23. The topological polar surface area (TPSA) is 12.0 Å². The maximum Gasteiger partial charge on any atom is 0.0465 e. The van der Waals surface area contributed by atoms with Gasteiger partial charge >= 0.3 is 0 Å². The fourth-order valence-electron chi connectivity index (χ4n) is 2.21. The summed E-state index contributed by atoms with van der Waals surface area (Å²) in [5.41, 5.74) is 1.23. The number of halogens is 2. The van der Waals surface area contributed by atoms with E-state index in [0.29, 0.717) is 6.04 Å². The van der Waals surface area contributed by atoms with E-state index in [1.54, 1.807) is 0 Å². The molecule has 1 aromatic carbocycles. The number of benzene rings is 1. The van der Waals surface area contributed by atoms with E-state index in [-0.39, 0.29) is 0 Å². The second kappa shape index (κ2) is 6.21. The highest BCUT2D eigenvalue weighted by molar-refractivity contribution is 9.10. The third kappa shape index (κ3) is 3.97. The lowest BCUT2D eigenvalue weighted by Crippen LogP contribution is -2.21. The maximum atomic E-state index is 6.32. The number of nitrogens with one attached hydrogen (secondary N) is 1. The van der Waals surface area contributed by atoms with E-state index >= 15 is 0 Å². The first-order valence-electron chi connectivity index (χ1n) is 6.39. The van der Waals surface area contributed by atoms with Gasteiger partial charge in [0.2, 0.25) is 0 Å². The highest BCUT2D eigenvalue weighted by Crippen LogP contribution is 2.37. The molecule has 1 unspecified atom stereocenters. The Labute approximate surface area is 117 Å². The molecule has 17 heavy (non-hydrogen) atoms. The molecule has 1 saturated carbocycles. The second-order valence-electron chi connectivity index (χ2n) is 4.80. The van der Waals surface area contributed by atoms with Gasteiger partial charge in [-0.15, -0.1) is 0 Å². The van der Waals surface area contributed by atoms with Crippen LogP contribution in [0.4, 0.5) is 0 Å². The molecule has 1 N–H and O–H groups in total. The zero-order valence-electron chi connectivity index (χ0n) is 10.2. The van der Waals surface area contributed by atoms with E-state index in [1.165, 1.54) is 31.2 Å². The zero-order valence-corrected chi connectivity index (χ0v) is 12.5. The molecule has 0 heterocycles. The van der Waals surface area contributed by atoms with Gasteiger partial charge in [0.1, 0.15) is 0 Å². The Morgan fingerprint density at radius 2 is 2.24 bits per heavy atom. The van der Waals surface area contributed by atoms with Gasteiger partial charge in [0, 0.05) is 15.5 Å². The van der Waals surface area contributed by atoms with Gasteiger partial charge in [-0.1, -0.05) is 53.4 Å². The molecule has 0 aliphatic heterocycles. The summed E-state index contributed by atoms with van der Waals surface area (Å²) in [6.45, 7) is 3.14. The van der Waals surface area contributed by atoms with Crippen molar-refractivity contribution in [2.45, 2.75) is 38.6 Å². The Bertz CT molecular complexity index is 376. The van der Waals surface area contributed by atoms with Crippen LogP contribution in [0.1, 0.15) is 44.2 Å². The van der Waals surface area contributed by atoms with Crippen molar-refractivity contribution in [1.82, 2.24) is 5.32 Å². The second-order valence-corrected chi connectivity index (χ2v) is 6.12. The summed E-state index contributed by atoms with van der Waals surface area (Å²) >= 11 is 9.77. The van der Waals surface area contributed by atoms with Crippen LogP contribution in [0.25, 0.3) is 0 Å². The lowest BCUT2D eigenvalue weighted by Gasteiger charge is -2.19. The Hall–Kier alpha value is -0.0500. The number of rotatable bonds is 6. The van der Waals surface area contributed by atoms with Gasteiger partial charge in [0.25, 0.3) is 0 Å². The van der Waals surface area contributed by atoms with E-state index in [1.807, 2.05) is 6.07 Å². The average molecular weight is 317 g/mol. The first kappa shape index (κ1) is 13.4. The summed E-state index contributed by atoms with van der Waals surface area (Å²) in [4.78, 5) is 0. The third-order valence-corrected chi connectivity index (χ3v) is 4.17. The first-order chi connectivity index (χ1) is 8.20. The van der Waals surface area contributed by atoms with Crippen LogP contribution < -0.4 is 5.32 Å². The predicted octanol–water partition coefficient (Wildman–Crippen LogP) is 4.94. The molecular formula is C14H19BrClN. The van der Waals surface area contributed by atoms with E-state index in [0.717, 1.165) is 22.0 Å². The van der Waals surface area contributed by atoms with Gasteiger partial charge in [-0.2, -0.15) is 0 Å². The molecule has 0 radical (unpaired) electrons. The van der Waals surface area contributed by atoms with Crippen molar-refractivity contribution in [3.05, 3.63) is 33.3 Å². The number of hydrogen-bond acceptors (Lipinski definition) is 1. The summed E-state index contributed by atoms with van der Waals surface area (Å²) in [5.74, 6) is 0.977. The monoisotopic (exact) mass is 315 g/mol. The molecule has 0 spiro atoms. The largest absolute Gasteiger partial charge is 0.310 e. The minimum atomic E-state index is 0.404. The minimum Gasteiger partial charge on any atom is -0.310 e. The SMILES string of the molecule is CCNC(CCC1CC1)c1ccc(Br)cc1Cl. The molecule has 0 amide bonds. The molecule has 2 rings (SSSR count). The standard InChI is InChI=1S/C14H19BrClN/c1-2-17-14(8-5-10-3-4-10)12-7-6-11(15)9-13(12)16/h6-7,9-10,14,17H,2-5,8H2,1H3. The van der Waals surface area contributed by atoms with Crippen LogP contribution in [0.5, 0.6) is 0 Å². The molecule has 94 valence electrons. The molecular weight excluding hydrogens is 298 g/mol. The van der Waals surface area contributed by atoms with Gasteiger partial charge in [-0.25, -0.2) is 0 Å². The molecule has 1 fully saturated rings. The Balaban J connectivity index is 2.06. The molecule has 0 bridgehead atoms. The van der Waals surface area contributed by atoms with Crippen molar-refractivity contribution < 1.29 is 0 Å². The van der Waals surface area contributed by atoms with Crippen molar-refractivity contribution in [1.29, 1.82) is 0 Å². The molecule has 0 aromatic heterocycles. The number of hydrogen-bond donors (Lipinski definition) is 1. The van der Waals surface area contributed by atoms with Crippen molar-refractivity contribution in [2.24, 2.45) is 5.92 Å².